The number of aryl methyl sites for hydroxylation is 1. The van der Waals surface area contributed by atoms with Crippen molar-refractivity contribution in [3.8, 4) is 11.4 Å². The molecule has 0 saturated heterocycles. The van der Waals surface area contributed by atoms with Crippen LogP contribution in [0.15, 0.2) is 78.5 Å². The number of hydrogen-bond donors (Lipinski definition) is 1. The molecule has 0 saturated carbocycles. The molecule has 7 nitrogen and oxygen atoms in total. The summed E-state index contributed by atoms with van der Waals surface area (Å²) in [4.78, 5) is 16.7. The molecule has 0 aliphatic heterocycles. The quantitative estimate of drug-likeness (QED) is 0.393. The maximum Gasteiger partial charge on any atom is 0.234 e. The number of nitrogens with one attached hydrogen (secondary N) is 1. The van der Waals surface area contributed by atoms with Gasteiger partial charge in [0.1, 0.15) is 0 Å². The van der Waals surface area contributed by atoms with Gasteiger partial charge in [0.15, 0.2) is 5.82 Å². The van der Waals surface area contributed by atoms with Crippen molar-refractivity contribution in [3.63, 3.8) is 0 Å². The predicted octanol–water partition coefficient (Wildman–Crippen LogP) is 4.53. The van der Waals surface area contributed by atoms with Gasteiger partial charge in [0.05, 0.1) is 5.75 Å². The van der Waals surface area contributed by atoms with E-state index in [0.29, 0.717) is 11.0 Å². The Bertz CT molecular complexity index is 1110. The van der Waals surface area contributed by atoms with Gasteiger partial charge < -0.3 is 5.32 Å². The van der Waals surface area contributed by atoms with Crippen LogP contribution in [0.25, 0.3) is 11.4 Å². The van der Waals surface area contributed by atoms with Crippen LogP contribution in [-0.4, -0.2) is 36.2 Å². The lowest BCUT2D eigenvalue weighted by molar-refractivity contribution is -0.113. The molecule has 4 rings (SSSR count). The van der Waals surface area contributed by atoms with E-state index in [1.54, 1.807) is 12.4 Å². The van der Waals surface area contributed by atoms with E-state index in [1.165, 1.54) is 30.2 Å². The van der Waals surface area contributed by atoms with Crippen LogP contribution in [0.4, 0.5) is 5.69 Å². The van der Waals surface area contributed by atoms with Crippen molar-refractivity contribution in [3.05, 3.63) is 78.9 Å². The third-order valence-corrected chi connectivity index (χ3v) is 5.66. The standard InChI is InChI=1S/C23H24N6OS/c1-2-3-7-18-9-11-20(12-10-18)25-21(30)17-31-23-27-26-22(19-8-6-13-24-16-19)29(23)28-14-4-5-15-28/h4-6,8-16H,2-3,7,17H2,1H3,(H,25,30). The number of unbranched alkanes of at least 4 members (excludes halogenated alkanes) is 1. The third kappa shape index (κ3) is 5.21. The number of thioether (sulfide) groups is 1. The number of anilines is 1. The van der Waals surface area contributed by atoms with Crippen molar-refractivity contribution in [2.45, 2.75) is 31.3 Å². The summed E-state index contributed by atoms with van der Waals surface area (Å²) < 4.78 is 3.76. The number of pyridine rings is 1. The molecule has 0 atom stereocenters. The molecule has 1 aromatic carbocycles. The highest BCUT2D eigenvalue weighted by Gasteiger charge is 2.17. The summed E-state index contributed by atoms with van der Waals surface area (Å²) in [6.07, 6.45) is 10.7. The number of carbonyl (C=O) groups excluding carboxylic acids is 1. The normalized spacial score (nSPS) is 10.9. The van der Waals surface area contributed by atoms with E-state index >= 15 is 0 Å². The van der Waals surface area contributed by atoms with Crippen LogP contribution in [0.2, 0.25) is 0 Å². The summed E-state index contributed by atoms with van der Waals surface area (Å²) in [5.74, 6) is 0.801. The van der Waals surface area contributed by atoms with Crippen molar-refractivity contribution in [2.24, 2.45) is 0 Å². The first-order chi connectivity index (χ1) is 15.2. The Morgan fingerprint density at radius 2 is 1.87 bits per heavy atom. The van der Waals surface area contributed by atoms with Crippen LogP contribution in [0.1, 0.15) is 25.3 Å². The summed E-state index contributed by atoms with van der Waals surface area (Å²) in [5, 5.41) is 12.2. The van der Waals surface area contributed by atoms with Gasteiger partial charge in [-0.1, -0.05) is 37.2 Å². The lowest BCUT2D eigenvalue weighted by Gasteiger charge is -2.11. The summed E-state index contributed by atoms with van der Waals surface area (Å²) >= 11 is 1.34. The van der Waals surface area contributed by atoms with E-state index in [-0.39, 0.29) is 11.7 Å². The Morgan fingerprint density at radius 1 is 1.06 bits per heavy atom. The number of rotatable bonds is 9. The highest BCUT2D eigenvalue weighted by Crippen LogP contribution is 2.24. The molecule has 1 N–H and O–H groups in total. The Balaban J connectivity index is 1.45. The second-order valence-corrected chi connectivity index (χ2v) is 8.00. The van der Waals surface area contributed by atoms with Gasteiger partial charge in [-0.15, -0.1) is 10.2 Å². The SMILES string of the molecule is CCCCc1ccc(NC(=O)CSc2nnc(-c3cccnc3)n2-n2cccc2)cc1. The first kappa shape index (κ1) is 20.9. The maximum atomic E-state index is 12.5. The zero-order chi connectivity index (χ0) is 21.5. The number of carbonyl (C=O) groups is 1. The number of nitrogens with zero attached hydrogens (tertiary/aromatic N) is 5. The number of hydrogen-bond acceptors (Lipinski definition) is 5. The monoisotopic (exact) mass is 432 g/mol. The van der Waals surface area contributed by atoms with Gasteiger partial charge in [0.2, 0.25) is 11.1 Å². The number of aromatic nitrogens is 5. The van der Waals surface area contributed by atoms with Crippen molar-refractivity contribution in [1.82, 2.24) is 24.5 Å². The fourth-order valence-corrected chi connectivity index (χ4v) is 3.89. The highest BCUT2D eigenvalue weighted by atomic mass is 32.2. The summed E-state index contributed by atoms with van der Waals surface area (Å²) in [6.45, 7) is 2.18. The largest absolute Gasteiger partial charge is 0.325 e. The zero-order valence-electron chi connectivity index (χ0n) is 17.3. The van der Waals surface area contributed by atoms with Crippen LogP contribution in [0.5, 0.6) is 0 Å². The van der Waals surface area contributed by atoms with Crippen LogP contribution in [0.3, 0.4) is 0 Å². The van der Waals surface area contributed by atoms with E-state index in [0.717, 1.165) is 17.7 Å². The topological polar surface area (TPSA) is 77.6 Å². The second-order valence-electron chi connectivity index (χ2n) is 7.06. The van der Waals surface area contributed by atoms with Gasteiger partial charge in [-0.25, -0.2) is 4.68 Å². The molecule has 1 amide bonds. The molecular formula is C23H24N6OS. The molecule has 8 heteroatoms. The van der Waals surface area contributed by atoms with E-state index in [2.05, 4.69) is 39.6 Å². The van der Waals surface area contributed by atoms with E-state index in [1.807, 2.05) is 58.1 Å². The minimum absolute atomic E-state index is 0.0868. The molecular weight excluding hydrogens is 408 g/mol. The van der Waals surface area contributed by atoms with Crippen molar-refractivity contribution in [1.29, 1.82) is 0 Å². The average molecular weight is 433 g/mol. The maximum absolute atomic E-state index is 12.5. The molecule has 0 aliphatic rings. The molecule has 0 spiro atoms. The third-order valence-electron chi connectivity index (χ3n) is 4.74. The molecule has 3 heterocycles. The predicted molar refractivity (Wildman–Crippen MR) is 123 cm³/mol. The lowest BCUT2D eigenvalue weighted by atomic mass is 10.1. The van der Waals surface area contributed by atoms with Gasteiger partial charge in [0, 0.05) is 36.0 Å². The van der Waals surface area contributed by atoms with E-state index < -0.39 is 0 Å². The van der Waals surface area contributed by atoms with Crippen LogP contribution >= 0.6 is 11.8 Å². The lowest BCUT2D eigenvalue weighted by Crippen LogP contribution is -2.15. The molecule has 0 unspecified atom stereocenters. The molecule has 158 valence electrons. The van der Waals surface area contributed by atoms with Crippen LogP contribution < -0.4 is 5.32 Å². The van der Waals surface area contributed by atoms with Crippen molar-refractivity contribution >= 4 is 23.4 Å². The van der Waals surface area contributed by atoms with Gasteiger partial charge in [-0.3, -0.25) is 14.5 Å². The minimum Gasteiger partial charge on any atom is -0.325 e. The van der Waals surface area contributed by atoms with Crippen LogP contribution in [0, 0.1) is 0 Å². The molecule has 3 aromatic heterocycles. The molecule has 0 aliphatic carbocycles. The summed E-state index contributed by atoms with van der Waals surface area (Å²) in [7, 11) is 0. The fraction of sp³-hybridized carbons (Fsp3) is 0.217. The summed E-state index contributed by atoms with van der Waals surface area (Å²) in [6, 6.07) is 15.7. The zero-order valence-corrected chi connectivity index (χ0v) is 18.1. The van der Waals surface area contributed by atoms with Gasteiger partial charge in [0.25, 0.3) is 0 Å². The molecule has 4 aromatic rings. The first-order valence-corrected chi connectivity index (χ1v) is 11.2. The Labute approximate surface area is 185 Å². The van der Waals surface area contributed by atoms with E-state index in [4.69, 9.17) is 0 Å². The summed E-state index contributed by atoms with van der Waals surface area (Å²) in [5.41, 5.74) is 2.94. The number of amides is 1. The average Bonchev–Trinajstić information content (AvgIpc) is 3.47. The number of benzene rings is 1. The smallest absolute Gasteiger partial charge is 0.234 e. The van der Waals surface area contributed by atoms with Gasteiger partial charge >= 0.3 is 0 Å². The van der Waals surface area contributed by atoms with E-state index in [9.17, 15) is 4.79 Å². The fourth-order valence-electron chi connectivity index (χ4n) is 3.16. The Morgan fingerprint density at radius 3 is 2.58 bits per heavy atom. The van der Waals surface area contributed by atoms with Crippen molar-refractivity contribution < 1.29 is 4.79 Å². The first-order valence-electron chi connectivity index (χ1n) is 10.3. The highest BCUT2D eigenvalue weighted by molar-refractivity contribution is 7.99. The molecule has 0 bridgehead atoms. The Hall–Kier alpha value is -3.39. The second kappa shape index (κ2) is 10.1. The van der Waals surface area contributed by atoms with Gasteiger partial charge in [-0.05, 0) is 54.8 Å². The van der Waals surface area contributed by atoms with Crippen molar-refractivity contribution in [2.75, 3.05) is 11.1 Å². The van der Waals surface area contributed by atoms with Gasteiger partial charge in [-0.2, -0.15) is 0 Å². The minimum atomic E-state index is -0.0868. The molecule has 0 fully saturated rings. The Kier molecular flexibility index (Phi) is 6.78. The molecule has 0 radical (unpaired) electrons. The van der Waals surface area contributed by atoms with Crippen LogP contribution in [-0.2, 0) is 11.2 Å². The molecule has 31 heavy (non-hydrogen) atoms.